The fourth-order valence-electron chi connectivity index (χ4n) is 5.77. The molecule has 0 saturated carbocycles. The molecule has 0 bridgehead atoms. The summed E-state index contributed by atoms with van der Waals surface area (Å²) < 4.78 is 3.73. The van der Waals surface area contributed by atoms with Crippen LogP contribution in [0.25, 0.3) is 0 Å². The van der Waals surface area contributed by atoms with Gasteiger partial charge in [-0.3, -0.25) is 4.72 Å². The van der Waals surface area contributed by atoms with Crippen molar-refractivity contribution in [3.63, 3.8) is 0 Å². The van der Waals surface area contributed by atoms with Gasteiger partial charge in [-0.15, -0.1) is 11.1 Å². The third-order valence-electron chi connectivity index (χ3n) is 6.74. The van der Waals surface area contributed by atoms with Crippen molar-refractivity contribution in [3.05, 3.63) is 47.5 Å². The van der Waals surface area contributed by atoms with Crippen LogP contribution < -0.4 is 4.72 Å². The lowest BCUT2D eigenvalue weighted by atomic mass is 9.72. The Morgan fingerprint density at radius 1 is 0.667 bits per heavy atom. The molecule has 0 spiro atoms. The monoisotopic (exact) mass is 515 g/mol. The van der Waals surface area contributed by atoms with Crippen molar-refractivity contribution in [2.24, 2.45) is 10.8 Å². The van der Waals surface area contributed by atoms with E-state index < -0.39 is 11.1 Å². The van der Waals surface area contributed by atoms with E-state index >= 15 is 0 Å². The zero-order valence-corrected chi connectivity index (χ0v) is 25.7. The molecule has 0 aliphatic rings. The Morgan fingerprint density at radius 3 is 1.39 bits per heavy atom. The number of unbranched alkanes of at least 4 members (excludes halogenated alkanes) is 1. The molecule has 4 heteroatoms. The van der Waals surface area contributed by atoms with Crippen molar-refractivity contribution < 1.29 is 10.2 Å². The molecule has 3 N–H and O–H groups in total. The Bertz CT molecular complexity index is 934. The third kappa shape index (κ3) is 8.45. The number of hydrogen-bond donors (Lipinski definition) is 4. The molecule has 0 aromatic heterocycles. The maximum Gasteiger partial charge on any atom is 0.128 e. The summed E-state index contributed by atoms with van der Waals surface area (Å²) in [7, 11) is 0. The van der Waals surface area contributed by atoms with Crippen LogP contribution >= 0.6 is 11.1 Å². The largest absolute Gasteiger partial charge is 0.507 e. The first-order valence-corrected chi connectivity index (χ1v) is 14.9. The van der Waals surface area contributed by atoms with Crippen molar-refractivity contribution in [2.45, 2.75) is 122 Å². The van der Waals surface area contributed by atoms with Crippen LogP contribution in [0.1, 0.15) is 113 Å². The molecule has 0 radical (unpaired) electrons. The smallest absolute Gasteiger partial charge is 0.128 e. The Labute approximate surface area is 224 Å². The Morgan fingerprint density at radius 2 is 1.06 bits per heavy atom. The minimum absolute atomic E-state index is 0.0380. The molecule has 0 atom stereocenters. The highest BCUT2D eigenvalue weighted by Crippen LogP contribution is 2.52. The van der Waals surface area contributed by atoms with Crippen LogP contribution in [0.15, 0.2) is 46.2 Å². The molecule has 2 aromatic carbocycles. The highest BCUT2D eigenvalue weighted by molar-refractivity contribution is 8.15. The molecular formula is C32H53NO2S. The van der Waals surface area contributed by atoms with Gasteiger partial charge in [0.2, 0.25) is 0 Å². The fraction of sp³-hybridized carbons (Fsp3) is 0.625. The van der Waals surface area contributed by atoms with Gasteiger partial charge in [-0.1, -0.05) is 94.7 Å². The average molecular weight is 516 g/mol. The molecule has 0 amide bonds. The number of phenols is 2. The van der Waals surface area contributed by atoms with Crippen LogP contribution in [-0.2, 0) is 10.8 Å². The average Bonchev–Trinajstić information content (AvgIpc) is 2.69. The first-order chi connectivity index (χ1) is 16.4. The topological polar surface area (TPSA) is 52.5 Å². The second-order valence-corrected chi connectivity index (χ2v) is 16.2. The minimum Gasteiger partial charge on any atom is -0.507 e. The van der Waals surface area contributed by atoms with Gasteiger partial charge >= 0.3 is 0 Å². The minimum atomic E-state index is -1.15. The summed E-state index contributed by atoms with van der Waals surface area (Å²) in [6.45, 7) is 25.8. The zero-order valence-electron chi connectivity index (χ0n) is 24.8. The Hall–Kier alpha value is -1.65. The van der Waals surface area contributed by atoms with E-state index in [4.69, 9.17) is 0 Å². The molecule has 0 heterocycles. The lowest BCUT2D eigenvalue weighted by Crippen LogP contribution is -2.25. The van der Waals surface area contributed by atoms with E-state index in [2.05, 4.69) is 105 Å². The standard InChI is InChI=1S/C32H53NO2S/c1-12-13-18-33-36(27-19-23(14-16-25(27)34)31(8,9)21-29(2,3)4)28-20-24(15-17-26(28)35)32(10,11)22-30(5,6)7/h14-17,19-20,33-36H,12-13,18,21-22H2,1-11H3. The van der Waals surface area contributed by atoms with Crippen LogP contribution in [0.2, 0.25) is 0 Å². The summed E-state index contributed by atoms with van der Waals surface area (Å²) >= 11 is -1.15. The summed E-state index contributed by atoms with van der Waals surface area (Å²) in [6, 6.07) is 12.2. The van der Waals surface area contributed by atoms with Crippen molar-refractivity contribution in [1.82, 2.24) is 4.72 Å². The number of phenolic OH excluding ortho intramolecular Hbond substituents is 2. The molecule has 0 aliphatic heterocycles. The van der Waals surface area contributed by atoms with Crippen LogP contribution in [-0.4, -0.2) is 16.8 Å². The van der Waals surface area contributed by atoms with E-state index in [9.17, 15) is 10.2 Å². The highest BCUT2D eigenvalue weighted by atomic mass is 32.2. The molecule has 2 rings (SSSR count). The number of thiol groups is 1. The third-order valence-corrected chi connectivity index (χ3v) is 8.96. The first kappa shape index (κ1) is 30.6. The van der Waals surface area contributed by atoms with E-state index in [1.807, 2.05) is 12.1 Å². The molecule has 2 aromatic rings. The van der Waals surface area contributed by atoms with Crippen molar-refractivity contribution in [3.8, 4) is 11.5 Å². The first-order valence-electron chi connectivity index (χ1n) is 13.6. The number of aromatic hydroxyl groups is 2. The van der Waals surface area contributed by atoms with Gasteiger partial charge in [0.25, 0.3) is 0 Å². The molecular weight excluding hydrogens is 462 g/mol. The van der Waals surface area contributed by atoms with E-state index in [1.165, 1.54) is 11.1 Å². The predicted octanol–water partition coefficient (Wildman–Crippen LogP) is 9.25. The van der Waals surface area contributed by atoms with Gasteiger partial charge in [-0.25, -0.2) is 0 Å². The fourth-order valence-corrected chi connectivity index (χ4v) is 7.90. The van der Waals surface area contributed by atoms with Crippen LogP contribution in [0.4, 0.5) is 0 Å². The molecule has 0 saturated heterocycles. The summed E-state index contributed by atoms with van der Waals surface area (Å²) in [5, 5.41) is 22.2. The van der Waals surface area contributed by atoms with Gasteiger partial charge in [0.05, 0.1) is 0 Å². The number of rotatable bonds is 10. The van der Waals surface area contributed by atoms with E-state index in [1.54, 1.807) is 0 Å². The molecule has 0 fully saturated rings. The lowest BCUT2D eigenvalue weighted by Gasteiger charge is -2.35. The number of benzene rings is 2. The van der Waals surface area contributed by atoms with Gasteiger partial charge in [-0.05, 0) is 76.3 Å². The van der Waals surface area contributed by atoms with Gasteiger partial charge in [0.15, 0.2) is 0 Å². The number of hydrogen-bond acceptors (Lipinski definition) is 3. The Balaban J connectivity index is 2.64. The molecule has 0 unspecified atom stereocenters. The molecule has 0 aliphatic carbocycles. The normalized spacial score (nSPS) is 13.7. The summed E-state index contributed by atoms with van der Waals surface area (Å²) in [5.74, 6) is 0.582. The summed E-state index contributed by atoms with van der Waals surface area (Å²) in [4.78, 5) is 1.78. The Kier molecular flexibility index (Phi) is 9.67. The number of nitrogens with one attached hydrogen (secondary N) is 1. The van der Waals surface area contributed by atoms with Crippen LogP contribution in [0.3, 0.4) is 0 Å². The maximum atomic E-state index is 11.1. The van der Waals surface area contributed by atoms with Gasteiger partial charge < -0.3 is 10.2 Å². The second kappa shape index (κ2) is 11.4. The van der Waals surface area contributed by atoms with Gasteiger partial charge in [0, 0.05) is 16.3 Å². The quantitative estimate of drug-likeness (QED) is 0.188. The summed E-state index contributed by atoms with van der Waals surface area (Å²) in [5.41, 5.74) is 2.75. The van der Waals surface area contributed by atoms with E-state index in [-0.39, 0.29) is 21.7 Å². The molecule has 3 nitrogen and oxygen atoms in total. The van der Waals surface area contributed by atoms with Crippen molar-refractivity contribution >= 4 is 11.1 Å². The maximum absolute atomic E-state index is 11.1. The SMILES string of the molecule is CCCCN[SH](c1cc(C(C)(C)CC(C)(C)C)ccc1O)c1cc(C(C)(C)CC(C)(C)C)ccc1O. The molecule has 36 heavy (non-hydrogen) atoms. The van der Waals surface area contributed by atoms with Crippen molar-refractivity contribution in [2.75, 3.05) is 6.54 Å². The van der Waals surface area contributed by atoms with Crippen LogP contribution in [0, 0.1) is 10.8 Å². The van der Waals surface area contributed by atoms with Gasteiger partial charge in [-0.2, -0.15) is 0 Å². The van der Waals surface area contributed by atoms with Gasteiger partial charge in [0.1, 0.15) is 11.5 Å². The van der Waals surface area contributed by atoms with E-state index in [0.717, 1.165) is 42.0 Å². The zero-order chi connectivity index (χ0) is 27.5. The summed E-state index contributed by atoms with van der Waals surface area (Å²) in [6.07, 6.45) is 4.20. The lowest BCUT2D eigenvalue weighted by molar-refractivity contribution is 0.283. The molecule has 204 valence electrons. The second-order valence-electron chi connectivity index (χ2n) is 14.2. The van der Waals surface area contributed by atoms with Crippen LogP contribution in [0.5, 0.6) is 11.5 Å². The predicted molar refractivity (Wildman–Crippen MR) is 159 cm³/mol. The van der Waals surface area contributed by atoms with Crippen molar-refractivity contribution in [1.29, 1.82) is 0 Å². The van der Waals surface area contributed by atoms with E-state index in [0.29, 0.717) is 11.5 Å². The highest BCUT2D eigenvalue weighted by Gasteiger charge is 2.31.